The maximum Gasteiger partial charge on any atom is 0.156 e. The van der Waals surface area contributed by atoms with Gasteiger partial charge in [0.2, 0.25) is 0 Å². The molecule has 0 atom stereocenters. The second-order valence-corrected chi connectivity index (χ2v) is 6.57. The van der Waals surface area contributed by atoms with Crippen molar-refractivity contribution in [2.24, 2.45) is 0 Å². The van der Waals surface area contributed by atoms with Gasteiger partial charge in [0.05, 0.1) is 16.7 Å². The molecule has 0 aliphatic heterocycles. The molecule has 0 saturated carbocycles. The van der Waals surface area contributed by atoms with E-state index in [1.165, 1.54) is 18.2 Å². The second-order valence-electron chi connectivity index (χ2n) is 4.75. The van der Waals surface area contributed by atoms with Crippen molar-refractivity contribution in [3.63, 3.8) is 0 Å². The van der Waals surface area contributed by atoms with Gasteiger partial charge in [0.25, 0.3) is 0 Å². The van der Waals surface area contributed by atoms with E-state index < -0.39 is 0 Å². The van der Waals surface area contributed by atoms with E-state index in [0.29, 0.717) is 34.6 Å². The van der Waals surface area contributed by atoms with Gasteiger partial charge in [-0.2, -0.15) is 0 Å². The molecule has 7 heteroatoms. The van der Waals surface area contributed by atoms with Gasteiger partial charge >= 0.3 is 0 Å². The van der Waals surface area contributed by atoms with Crippen LogP contribution >= 0.6 is 46.4 Å². The van der Waals surface area contributed by atoms with Crippen LogP contribution in [0.25, 0.3) is 0 Å². The Kier molecular flexibility index (Phi) is 7.50. The molecule has 0 amide bonds. The van der Waals surface area contributed by atoms with Crippen LogP contribution in [0.2, 0.25) is 10.0 Å². The van der Waals surface area contributed by atoms with E-state index in [-0.39, 0.29) is 16.9 Å². The summed E-state index contributed by atoms with van der Waals surface area (Å²) in [7, 11) is 0. The van der Waals surface area contributed by atoms with Gasteiger partial charge in [0.1, 0.15) is 22.7 Å². The Balaban J connectivity index is 1.96. The molecule has 0 bridgehead atoms. The lowest BCUT2D eigenvalue weighted by atomic mass is 10.1. The molecule has 128 valence electrons. The third-order valence-corrected chi connectivity index (χ3v) is 3.86. The average Bonchev–Trinajstić information content (AvgIpc) is 2.50. The van der Waals surface area contributed by atoms with E-state index in [9.17, 15) is 4.39 Å². The molecular weight excluding hydrogens is 397 g/mol. The van der Waals surface area contributed by atoms with Crippen LogP contribution in [-0.2, 0) is 6.42 Å². The van der Waals surface area contributed by atoms with Gasteiger partial charge in [-0.3, -0.25) is 0 Å². The molecule has 0 saturated heterocycles. The fourth-order valence-corrected chi connectivity index (χ4v) is 2.62. The van der Waals surface area contributed by atoms with Crippen molar-refractivity contribution in [3.8, 4) is 11.5 Å². The van der Waals surface area contributed by atoms with Crippen LogP contribution in [-0.4, -0.2) is 13.2 Å². The van der Waals surface area contributed by atoms with E-state index in [0.717, 1.165) is 5.56 Å². The summed E-state index contributed by atoms with van der Waals surface area (Å²) in [6.45, 7) is 0.502. The normalized spacial score (nSPS) is 10.4. The topological polar surface area (TPSA) is 18.5 Å². The van der Waals surface area contributed by atoms with Gasteiger partial charge < -0.3 is 9.47 Å². The minimum Gasteiger partial charge on any atom is -0.490 e. The van der Waals surface area contributed by atoms with E-state index >= 15 is 0 Å². The lowest BCUT2D eigenvalue weighted by molar-refractivity contribution is 0.320. The number of hydrogen-bond acceptors (Lipinski definition) is 2. The van der Waals surface area contributed by atoms with Crippen molar-refractivity contribution in [1.29, 1.82) is 0 Å². The smallest absolute Gasteiger partial charge is 0.156 e. The summed E-state index contributed by atoms with van der Waals surface area (Å²) in [4.78, 5) is 0. The number of ether oxygens (including phenoxy) is 2. The Hall–Kier alpha value is -1.13. The fourth-order valence-electron chi connectivity index (χ4n) is 1.92. The molecule has 0 radical (unpaired) electrons. The minimum atomic E-state index is -0.281. The van der Waals surface area contributed by atoms with Crippen LogP contribution in [0.4, 0.5) is 4.39 Å². The Morgan fingerprint density at radius 3 is 2.38 bits per heavy atom. The highest BCUT2D eigenvalue weighted by Crippen LogP contribution is 2.37. The van der Waals surface area contributed by atoms with E-state index in [2.05, 4.69) is 0 Å². The van der Waals surface area contributed by atoms with Crippen LogP contribution in [0.15, 0.2) is 47.0 Å². The van der Waals surface area contributed by atoms with Crippen molar-refractivity contribution in [2.45, 2.75) is 6.42 Å². The molecule has 0 fully saturated rings. The van der Waals surface area contributed by atoms with Crippen LogP contribution in [0.5, 0.6) is 11.5 Å². The molecular formula is C17H13Cl4FO2. The second kappa shape index (κ2) is 9.38. The molecule has 24 heavy (non-hydrogen) atoms. The Bertz CT molecular complexity index is 707. The molecule has 0 spiro atoms. The third-order valence-electron chi connectivity index (χ3n) is 2.99. The fraction of sp³-hybridized carbons (Fsp3) is 0.176. The van der Waals surface area contributed by atoms with Gasteiger partial charge in [-0.25, -0.2) is 4.39 Å². The van der Waals surface area contributed by atoms with Crippen molar-refractivity contribution >= 4 is 46.4 Å². The first-order chi connectivity index (χ1) is 11.5. The SMILES string of the molecule is Fc1cccc(CCOc2c(Cl)cc(OCC=C(Cl)Cl)cc2Cl)c1. The predicted molar refractivity (Wildman–Crippen MR) is 97.3 cm³/mol. The van der Waals surface area contributed by atoms with Gasteiger partial charge in [-0.05, 0) is 23.8 Å². The highest BCUT2D eigenvalue weighted by molar-refractivity contribution is 6.55. The van der Waals surface area contributed by atoms with Crippen molar-refractivity contribution < 1.29 is 13.9 Å². The summed E-state index contributed by atoms with van der Waals surface area (Å²) < 4.78 is 24.3. The third kappa shape index (κ3) is 6.06. The van der Waals surface area contributed by atoms with Crippen LogP contribution < -0.4 is 9.47 Å². The lowest BCUT2D eigenvalue weighted by Gasteiger charge is -2.12. The number of hydrogen-bond donors (Lipinski definition) is 0. The average molecular weight is 410 g/mol. The lowest BCUT2D eigenvalue weighted by Crippen LogP contribution is -2.03. The number of halogens is 5. The predicted octanol–water partition coefficient (Wildman–Crippen LogP) is 6.45. The number of rotatable bonds is 7. The quantitative estimate of drug-likeness (QED) is 0.522. The minimum absolute atomic E-state index is 0.115. The van der Waals surface area contributed by atoms with Gasteiger partial charge in [0.15, 0.2) is 5.75 Å². The molecule has 2 aromatic carbocycles. The molecule has 0 N–H and O–H groups in total. The standard InChI is InChI=1S/C17H13Cl4FO2/c18-14-9-13(23-7-5-16(20)21)10-15(19)17(14)24-6-4-11-2-1-3-12(22)8-11/h1-3,5,8-10H,4,6-7H2. The first kappa shape index (κ1) is 19.2. The molecule has 2 aromatic rings. The van der Waals surface area contributed by atoms with E-state index in [1.807, 2.05) is 6.07 Å². The highest BCUT2D eigenvalue weighted by atomic mass is 35.5. The zero-order valence-corrected chi connectivity index (χ0v) is 15.4. The van der Waals surface area contributed by atoms with Crippen LogP contribution in [0, 0.1) is 5.82 Å². The van der Waals surface area contributed by atoms with Gasteiger partial charge in [-0.15, -0.1) is 0 Å². The zero-order chi connectivity index (χ0) is 17.5. The molecule has 2 nitrogen and oxygen atoms in total. The van der Waals surface area contributed by atoms with E-state index in [1.54, 1.807) is 18.2 Å². The molecule has 0 aliphatic carbocycles. The van der Waals surface area contributed by atoms with Crippen molar-refractivity contribution in [1.82, 2.24) is 0 Å². The zero-order valence-electron chi connectivity index (χ0n) is 12.4. The largest absolute Gasteiger partial charge is 0.490 e. The summed E-state index contributed by atoms with van der Waals surface area (Å²) >= 11 is 23.3. The van der Waals surface area contributed by atoms with Crippen molar-refractivity contribution in [3.05, 3.63) is 68.4 Å². The first-order valence-electron chi connectivity index (χ1n) is 6.96. The Morgan fingerprint density at radius 1 is 1.04 bits per heavy atom. The van der Waals surface area contributed by atoms with Gasteiger partial charge in [0, 0.05) is 18.6 Å². The summed E-state index contributed by atoms with van der Waals surface area (Å²) in [5, 5.41) is 0.635. The highest BCUT2D eigenvalue weighted by Gasteiger charge is 2.11. The van der Waals surface area contributed by atoms with Crippen LogP contribution in [0.1, 0.15) is 5.56 Å². The molecule has 0 aliphatic rings. The molecule has 0 unspecified atom stereocenters. The Morgan fingerprint density at radius 2 is 1.75 bits per heavy atom. The first-order valence-corrected chi connectivity index (χ1v) is 8.47. The molecule has 0 heterocycles. The van der Waals surface area contributed by atoms with Crippen LogP contribution in [0.3, 0.4) is 0 Å². The summed E-state index contributed by atoms with van der Waals surface area (Å²) in [6, 6.07) is 9.49. The molecule has 2 rings (SSSR count). The Labute approximate surface area is 159 Å². The summed E-state index contributed by atoms with van der Waals surface area (Å²) in [6.07, 6.45) is 2.02. The van der Waals surface area contributed by atoms with Gasteiger partial charge in [-0.1, -0.05) is 58.5 Å². The van der Waals surface area contributed by atoms with E-state index in [4.69, 9.17) is 55.9 Å². The summed E-state index contributed by atoms with van der Waals surface area (Å²) in [5.41, 5.74) is 0.826. The van der Waals surface area contributed by atoms with Crippen molar-refractivity contribution in [2.75, 3.05) is 13.2 Å². The molecule has 0 aromatic heterocycles. The maximum absolute atomic E-state index is 13.1. The summed E-state index contributed by atoms with van der Waals surface area (Å²) in [5.74, 6) is 0.539. The maximum atomic E-state index is 13.1. The number of benzene rings is 2. The monoisotopic (exact) mass is 408 g/mol.